The lowest BCUT2D eigenvalue weighted by Crippen LogP contribution is -2.21. The maximum Gasteiger partial charge on any atom is 0.341 e. The van der Waals surface area contributed by atoms with E-state index in [0.717, 1.165) is 55.0 Å². The van der Waals surface area contributed by atoms with E-state index >= 15 is 0 Å². The first kappa shape index (κ1) is 28.9. The molecular weight excluding hydrogens is 530 g/mol. The third-order valence-corrected chi connectivity index (χ3v) is 9.00. The highest BCUT2D eigenvalue weighted by Gasteiger charge is 2.29. The summed E-state index contributed by atoms with van der Waals surface area (Å²) in [6.45, 7) is 14.9. The molecule has 10 heteroatoms. The van der Waals surface area contributed by atoms with Crippen LogP contribution in [0.2, 0.25) is 0 Å². The molecule has 1 aliphatic carbocycles. The minimum atomic E-state index is -0.366. The van der Waals surface area contributed by atoms with Gasteiger partial charge in [-0.25, -0.2) is 4.79 Å². The fourth-order valence-corrected chi connectivity index (χ4v) is 7.03. The summed E-state index contributed by atoms with van der Waals surface area (Å²) < 4.78 is 7.29. The maximum absolute atomic E-state index is 13.0. The summed E-state index contributed by atoms with van der Waals surface area (Å²) >= 11 is 2.81. The highest BCUT2D eigenvalue weighted by atomic mass is 32.2. The molecule has 1 amide bonds. The molecule has 1 N–H and O–H groups in total. The number of thioether (sulfide) groups is 1. The van der Waals surface area contributed by atoms with Gasteiger partial charge in [0.05, 0.1) is 17.9 Å². The Kier molecular flexibility index (Phi) is 9.85. The Balaban J connectivity index is 1.49. The van der Waals surface area contributed by atoms with Crippen LogP contribution in [0, 0.1) is 5.92 Å². The van der Waals surface area contributed by atoms with Crippen LogP contribution in [0.1, 0.15) is 54.9 Å². The molecule has 1 aliphatic rings. The molecule has 1 unspecified atom stereocenters. The van der Waals surface area contributed by atoms with Gasteiger partial charge in [-0.15, -0.1) is 28.1 Å². The quantitative estimate of drug-likeness (QED) is 0.161. The number of amides is 1. The van der Waals surface area contributed by atoms with Gasteiger partial charge < -0.3 is 15.0 Å². The molecule has 0 fully saturated rings. The zero-order chi connectivity index (χ0) is 27.9. The van der Waals surface area contributed by atoms with E-state index in [9.17, 15) is 9.59 Å². The van der Waals surface area contributed by atoms with Gasteiger partial charge in [-0.3, -0.25) is 9.36 Å². The largest absolute Gasteiger partial charge is 0.462 e. The number of rotatable bonds is 12. The molecule has 3 aromatic rings. The summed E-state index contributed by atoms with van der Waals surface area (Å²) in [4.78, 5) is 29.3. The van der Waals surface area contributed by atoms with Gasteiger partial charge in [0.15, 0.2) is 11.0 Å². The van der Waals surface area contributed by atoms with Gasteiger partial charge in [-0.05, 0) is 75.8 Å². The topological polar surface area (TPSA) is 89.3 Å². The number of aromatic nitrogens is 3. The third kappa shape index (κ3) is 6.55. The number of hydrogen-bond acceptors (Lipinski definition) is 8. The number of hydrogen-bond donors (Lipinski definition) is 1. The Bertz CT molecular complexity index is 1310. The average Bonchev–Trinajstić information content (AvgIpc) is 3.49. The molecular formula is C29H37N5O3S2. The number of allylic oxidation sites excluding steroid dienone is 1. The molecule has 2 aromatic heterocycles. The molecule has 0 spiro atoms. The molecule has 0 saturated carbocycles. The molecule has 8 nitrogen and oxygen atoms in total. The van der Waals surface area contributed by atoms with Crippen LogP contribution >= 0.6 is 23.1 Å². The number of nitrogens with one attached hydrogen (secondary N) is 1. The minimum absolute atomic E-state index is 0.136. The number of fused-ring (bicyclic) bond motifs is 1. The first-order valence-corrected chi connectivity index (χ1v) is 15.3. The standard InChI is InChI=1S/C29H37N5O3S2/c1-6-16-34-26(20-11-13-21(14-12-20)33(7-2)8-3)31-32-29(34)38-18-24(35)30-27-25(28(36)37-9-4)22-15-10-19(5)17-23(22)39-27/h6,11-14,19H,1,7-10,15-18H2,2-5H3,(H,30,35). The molecule has 208 valence electrons. The Morgan fingerprint density at radius 2 is 1.97 bits per heavy atom. The lowest BCUT2D eigenvalue weighted by molar-refractivity contribution is -0.113. The van der Waals surface area contributed by atoms with E-state index in [1.165, 1.54) is 28.0 Å². The number of carbonyl (C=O) groups excluding carboxylic acids is 2. The number of thiophene rings is 1. The molecule has 0 aliphatic heterocycles. The van der Waals surface area contributed by atoms with Gasteiger partial charge in [-0.1, -0.05) is 24.8 Å². The number of nitrogens with zero attached hydrogens (tertiary/aromatic N) is 4. The van der Waals surface area contributed by atoms with Crippen molar-refractivity contribution < 1.29 is 14.3 Å². The monoisotopic (exact) mass is 567 g/mol. The number of ether oxygens (including phenoxy) is 1. The van der Waals surface area contributed by atoms with Crippen molar-refractivity contribution in [2.75, 3.05) is 35.7 Å². The van der Waals surface area contributed by atoms with E-state index in [4.69, 9.17) is 4.74 Å². The van der Waals surface area contributed by atoms with Crippen molar-refractivity contribution >= 4 is 45.7 Å². The highest BCUT2D eigenvalue weighted by Crippen LogP contribution is 2.40. The van der Waals surface area contributed by atoms with Crippen molar-refractivity contribution in [3.63, 3.8) is 0 Å². The molecule has 2 heterocycles. The smallest absolute Gasteiger partial charge is 0.341 e. The van der Waals surface area contributed by atoms with Crippen molar-refractivity contribution in [1.29, 1.82) is 0 Å². The Morgan fingerprint density at radius 1 is 1.23 bits per heavy atom. The summed E-state index contributed by atoms with van der Waals surface area (Å²) in [6, 6.07) is 8.29. The first-order chi connectivity index (χ1) is 18.9. The van der Waals surface area contributed by atoms with E-state index in [1.54, 1.807) is 13.0 Å². The van der Waals surface area contributed by atoms with Crippen LogP contribution in [0.3, 0.4) is 0 Å². The van der Waals surface area contributed by atoms with Gasteiger partial charge in [0.2, 0.25) is 5.91 Å². The number of esters is 1. The number of anilines is 2. The normalized spacial score (nSPS) is 14.5. The SMILES string of the molecule is C=CCn1c(SCC(=O)Nc2sc3c(c2C(=O)OCC)CCC(C)C3)nnc1-c1ccc(N(CC)CC)cc1. The van der Waals surface area contributed by atoms with Crippen LogP contribution in [0.5, 0.6) is 0 Å². The zero-order valence-corrected chi connectivity index (χ0v) is 24.8. The predicted molar refractivity (Wildman–Crippen MR) is 160 cm³/mol. The molecule has 1 aromatic carbocycles. The first-order valence-electron chi connectivity index (χ1n) is 13.5. The Labute approximate surface area is 238 Å². The van der Waals surface area contributed by atoms with Crippen molar-refractivity contribution in [3.8, 4) is 11.4 Å². The van der Waals surface area contributed by atoms with Crippen molar-refractivity contribution in [3.05, 3.63) is 52.9 Å². The second kappa shape index (κ2) is 13.3. The molecule has 1 atom stereocenters. The minimum Gasteiger partial charge on any atom is -0.462 e. The zero-order valence-electron chi connectivity index (χ0n) is 23.2. The average molecular weight is 568 g/mol. The molecule has 4 rings (SSSR count). The van der Waals surface area contributed by atoms with Crippen LogP contribution in [0.4, 0.5) is 10.7 Å². The van der Waals surface area contributed by atoms with E-state index in [0.29, 0.717) is 34.8 Å². The van der Waals surface area contributed by atoms with Gasteiger partial charge in [0.25, 0.3) is 0 Å². The van der Waals surface area contributed by atoms with Gasteiger partial charge >= 0.3 is 5.97 Å². The van der Waals surface area contributed by atoms with Crippen LogP contribution < -0.4 is 10.2 Å². The predicted octanol–water partition coefficient (Wildman–Crippen LogP) is 6.07. The van der Waals surface area contributed by atoms with E-state index in [1.807, 2.05) is 4.57 Å². The highest BCUT2D eigenvalue weighted by molar-refractivity contribution is 7.99. The maximum atomic E-state index is 13.0. The van der Waals surface area contributed by atoms with Gasteiger partial charge in [0.1, 0.15) is 5.00 Å². The van der Waals surface area contributed by atoms with Crippen LogP contribution in [0.25, 0.3) is 11.4 Å². The Morgan fingerprint density at radius 3 is 2.64 bits per heavy atom. The molecule has 39 heavy (non-hydrogen) atoms. The summed E-state index contributed by atoms with van der Waals surface area (Å²) in [6.07, 6.45) is 4.57. The van der Waals surface area contributed by atoms with Crippen LogP contribution in [0.15, 0.2) is 42.1 Å². The van der Waals surface area contributed by atoms with Crippen LogP contribution in [-0.2, 0) is 28.9 Å². The van der Waals surface area contributed by atoms with E-state index < -0.39 is 0 Å². The summed E-state index contributed by atoms with van der Waals surface area (Å²) in [7, 11) is 0. The number of carbonyl (C=O) groups is 2. The number of benzene rings is 1. The van der Waals surface area contributed by atoms with Crippen LogP contribution in [-0.4, -0.2) is 52.1 Å². The molecule has 0 saturated heterocycles. The second-order valence-electron chi connectivity index (χ2n) is 9.54. The summed E-state index contributed by atoms with van der Waals surface area (Å²) in [5.41, 5.74) is 3.67. The van der Waals surface area contributed by atoms with E-state index in [2.05, 4.69) is 72.0 Å². The van der Waals surface area contributed by atoms with Crippen molar-refractivity contribution in [2.45, 2.75) is 58.7 Å². The molecule has 0 bridgehead atoms. The van der Waals surface area contributed by atoms with E-state index in [-0.39, 0.29) is 17.6 Å². The summed E-state index contributed by atoms with van der Waals surface area (Å²) in [5.74, 6) is 0.861. The van der Waals surface area contributed by atoms with Gasteiger partial charge in [-0.2, -0.15) is 0 Å². The third-order valence-electron chi connectivity index (χ3n) is 6.86. The Hall–Kier alpha value is -3.11. The fourth-order valence-electron chi connectivity index (χ4n) is 4.86. The van der Waals surface area contributed by atoms with Gasteiger partial charge in [0, 0.05) is 35.8 Å². The fraction of sp³-hybridized carbons (Fsp3) is 0.448. The van der Waals surface area contributed by atoms with Crippen molar-refractivity contribution in [2.24, 2.45) is 5.92 Å². The van der Waals surface area contributed by atoms with Crippen molar-refractivity contribution in [1.82, 2.24) is 14.8 Å². The lowest BCUT2D eigenvalue weighted by Gasteiger charge is -2.21. The molecule has 0 radical (unpaired) electrons. The second-order valence-corrected chi connectivity index (χ2v) is 11.6. The lowest BCUT2D eigenvalue weighted by atomic mass is 9.88. The summed E-state index contributed by atoms with van der Waals surface area (Å²) in [5, 5.41) is 13.0.